The number of piperidine rings is 1. The van der Waals surface area contributed by atoms with Gasteiger partial charge in [0.25, 0.3) is 0 Å². The van der Waals surface area contributed by atoms with Gasteiger partial charge in [0, 0.05) is 18.7 Å². The molecule has 6 heteroatoms. The van der Waals surface area contributed by atoms with Gasteiger partial charge in [-0.25, -0.2) is 4.98 Å². The summed E-state index contributed by atoms with van der Waals surface area (Å²) in [5.74, 6) is 0.881. The highest BCUT2D eigenvalue weighted by molar-refractivity contribution is 8.00. The van der Waals surface area contributed by atoms with E-state index in [0.717, 1.165) is 49.3 Å². The SMILES string of the molecule is CCc1ccc(-c2nc(S[C@@H](C(=O)N3CCCCC3)c3ccccc3)n[nH]2)cc1. The van der Waals surface area contributed by atoms with E-state index in [9.17, 15) is 4.79 Å². The lowest BCUT2D eigenvalue weighted by Gasteiger charge is -2.30. The highest BCUT2D eigenvalue weighted by Crippen LogP contribution is 2.36. The Kier molecular flexibility index (Phi) is 6.30. The third-order valence-corrected chi connectivity index (χ3v) is 6.42. The van der Waals surface area contributed by atoms with Gasteiger partial charge in [-0.2, -0.15) is 0 Å². The van der Waals surface area contributed by atoms with E-state index < -0.39 is 0 Å². The Morgan fingerprint density at radius 1 is 1.07 bits per heavy atom. The zero-order valence-electron chi connectivity index (χ0n) is 16.7. The minimum Gasteiger partial charge on any atom is -0.341 e. The van der Waals surface area contributed by atoms with Crippen molar-refractivity contribution in [1.82, 2.24) is 20.1 Å². The average molecular weight is 407 g/mol. The molecule has 1 atom stereocenters. The third-order valence-electron chi connectivity index (χ3n) is 5.32. The predicted molar refractivity (Wildman–Crippen MR) is 117 cm³/mol. The Morgan fingerprint density at radius 3 is 2.48 bits per heavy atom. The van der Waals surface area contributed by atoms with E-state index in [0.29, 0.717) is 5.16 Å². The van der Waals surface area contributed by atoms with Crippen LogP contribution in [0.2, 0.25) is 0 Å². The fourth-order valence-corrected chi connectivity index (χ4v) is 4.60. The second-order valence-electron chi connectivity index (χ2n) is 7.31. The summed E-state index contributed by atoms with van der Waals surface area (Å²) >= 11 is 1.42. The summed E-state index contributed by atoms with van der Waals surface area (Å²) in [6, 6.07) is 18.3. The van der Waals surface area contributed by atoms with Crippen molar-refractivity contribution in [3.05, 3.63) is 65.7 Å². The third kappa shape index (κ3) is 4.70. The molecule has 0 unspecified atom stereocenters. The number of thioether (sulfide) groups is 1. The monoisotopic (exact) mass is 406 g/mol. The number of hydrogen-bond donors (Lipinski definition) is 1. The van der Waals surface area contributed by atoms with Crippen LogP contribution in [0.15, 0.2) is 59.8 Å². The van der Waals surface area contributed by atoms with Gasteiger partial charge in [-0.1, -0.05) is 73.3 Å². The molecule has 3 aromatic rings. The second-order valence-corrected chi connectivity index (χ2v) is 8.38. The lowest BCUT2D eigenvalue weighted by Crippen LogP contribution is -2.38. The zero-order chi connectivity index (χ0) is 20.1. The molecule has 1 N–H and O–H groups in total. The molecule has 2 heterocycles. The van der Waals surface area contributed by atoms with Crippen molar-refractivity contribution in [2.24, 2.45) is 0 Å². The summed E-state index contributed by atoms with van der Waals surface area (Å²) in [5.41, 5.74) is 3.28. The molecule has 1 saturated heterocycles. The first kappa shape index (κ1) is 19.7. The number of carbonyl (C=O) groups is 1. The smallest absolute Gasteiger partial charge is 0.240 e. The molecule has 0 bridgehead atoms. The van der Waals surface area contributed by atoms with Crippen molar-refractivity contribution in [3.63, 3.8) is 0 Å². The number of nitrogens with one attached hydrogen (secondary N) is 1. The Labute approximate surface area is 175 Å². The first-order valence-corrected chi connectivity index (χ1v) is 11.1. The van der Waals surface area contributed by atoms with Crippen LogP contribution in [0.1, 0.15) is 42.6 Å². The van der Waals surface area contributed by atoms with Gasteiger partial charge in [0.1, 0.15) is 5.25 Å². The minimum atomic E-state index is -0.333. The van der Waals surface area contributed by atoms with Crippen molar-refractivity contribution in [3.8, 4) is 11.4 Å². The Bertz CT molecular complexity index is 933. The van der Waals surface area contributed by atoms with Crippen LogP contribution in [-0.2, 0) is 11.2 Å². The number of benzene rings is 2. The van der Waals surface area contributed by atoms with E-state index in [4.69, 9.17) is 0 Å². The van der Waals surface area contributed by atoms with E-state index in [-0.39, 0.29) is 11.2 Å². The molecule has 0 spiro atoms. The van der Waals surface area contributed by atoms with E-state index in [1.165, 1.54) is 23.7 Å². The molecular weight excluding hydrogens is 380 g/mol. The molecular formula is C23H26N4OS. The summed E-state index contributed by atoms with van der Waals surface area (Å²) < 4.78 is 0. The van der Waals surface area contributed by atoms with Crippen molar-refractivity contribution >= 4 is 17.7 Å². The summed E-state index contributed by atoms with van der Waals surface area (Å²) in [6.45, 7) is 3.82. The maximum absolute atomic E-state index is 13.3. The number of nitrogens with zero attached hydrogens (tertiary/aromatic N) is 3. The number of aromatic amines is 1. The summed E-state index contributed by atoms with van der Waals surface area (Å²) in [6.07, 6.45) is 4.37. The summed E-state index contributed by atoms with van der Waals surface area (Å²) in [5, 5.41) is 7.68. The maximum atomic E-state index is 13.3. The van der Waals surface area contributed by atoms with E-state index >= 15 is 0 Å². The quantitative estimate of drug-likeness (QED) is 0.593. The van der Waals surface area contributed by atoms with Crippen molar-refractivity contribution in [1.29, 1.82) is 0 Å². The van der Waals surface area contributed by atoms with Gasteiger partial charge >= 0.3 is 0 Å². The van der Waals surface area contributed by atoms with E-state index in [2.05, 4.69) is 46.4 Å². The standard InChI is InChI=1S/C23H26N4OS/c1-2-17-11-13-19(14-12-17)21-24-23(26-25-21)29-20(18-9-5-3-6-10-18)22(28)27-15-7-4-8-16-27/h3,5-6,9-14,20H,2,4,7-8,15-16H2,1H3,(H,24,25,26)/t20-/m1/s1. The first-order valence-electron chi connectivity index (χ1n) is 10.3. The molecule has 1 amide bonds. The highest BCUT2D eigenvalue weighted by atomic mass is 32.2. The molecule has 5 nitrogen and oxygen atoms in total. The number of hydrogen-bond acceptors (Lipinski definition) is 4. The van der Waals surface area contributed by atoms with Crippen molar-refractivity contribution in [2.75, 3.05) is 13.1 Å². The zero-order valence-corrected chi connectivity index (χ0v) is 17.5. The predicted octanol–water partition coefficient (Wildman–Crippen LogP) is 4.88. The fourth-order valence-electron chi connectivity index (χ4n) is 3.60. The molecule has 4 rings (SSSR count). The van der Waals surface area contributed by atoms with Crippen molar-refractivity contribution in [2.45, 2.75) is 43.0 Å². The Balaban J connectivity index is 1.56. The van der Waals surface area contributed by atoms with Crippen LogP contribution >= 0.6 is 11.8 Å². The first-order chi connectivity index (χ1) is 14.2. The molecule has 1 fully saturated rings. The number of H-pyrrole nitrogens is 1. The van der Waals surface area contributed by atoms with Crippen LogP contribution in [0.4, 0.5) is 0 Å². The van der Waals surface area contributed by atoms with Gasteiger partial charge in [0.05, 0.1) is 0 Å². The number of aromatic nitrogens is 3. The molecule has 0 aliphatic carbocycles. The van der Waals surface area contributed by atoms with Gasteiger partial charge < -0.3 is 4.90 Å². The van der Waals surface area contributed by atoms with Gasteiger partial charge in [-0.3, -0.25) is 9.89 Å². The highest BCUT2D eigenvalue weighted by Gasteiger charge is 2.29. The lowest BCUT2D eigenvalue weighted by atomic mass is 10.1. The number of amides is 1. The molecule has 1 aromatic heterocycles. The fraction of sp³-hybridized carbons (Fsp3) is 0.348. The van der Waals surface area contributed by atoms with Gasteiger partial charge in [-0.15, -0.1) is 5.10 Å². The minimum absolute atomic E-state index is 0.152. The number of likely N-dealkylation sites (tertiary alicyclic amines) is 1. The van der Waals surface area contributed by atoms with Crippen LogP contribution < -0.4 is 0 Å². The van der Waals surface area contributed by atoms with Crippen LogP contribution in [0.3, 0.4) is 0 Å². The number of carbonyl (C=O) groups excluding carboxylic acids is 1. The molecule has 1 aliphatic rings. The lowest BCUT2D eigenvalue weighted by molar-refractivity contribution is -0.131. The molecule has 2 aromatic carbocycles. The topological polar surface area (TPSA) is 61.9 Å². The summed E-state index contributed by atoms with van der Waals surface area (Å²) in [4.78, 5) is 19.9. The second kappa shape index (κ2) is 9.27. The number of aryl methyl sites for hydroxylation is 1. The van der Waals surface area contributed by atoms with Crippen LogP contribution in [0, 0.1) is 0 Å². The molecule has 150 valence electrons. The van der Waals surface area contributed by atoms with Crippen LogP contribution in [0.25, 0.3) is 11.4 Å². The van der Waals surface area contributed by atoms with Crippen molar-refractivity contribution < 1.29 is 4.79 Å². The molecule has 29 heavy (non-hydrogen) atoms. The van der Waals surface area contributed by atoms with Crippen LogP contribution in [-0.4, -0.2) is 39.1 Å². The molecule has 1 aliphatic heterocycles. The Hall–Kier alpha value is -2.60. The molecule has 0 radical (unpaired) electrons. The van der Waals surface area contributed by atoms with E-state index in [1.54, 1.807) is 0 Å². The Morgan fingerprint density at radius 2 is 1.79 bits per heavy atom. The summed E-state index contributed by atoms with van der Waals surface area (Å²) in [7, 11) is 0. The normalized spacial score (nSPS) is 15.3. The maximum Gasteiger partial charge on any atom is 0.240 e. The van der Waals surface area contributed by atoms with E-state index in [1.807, 2.05) is 35.2 Å². The molecule has 0 saturated carbocycles. The average Bonchev–Trinajstić information content (AvgIpc) is 3.27. The van der Waals surface area contributed by atoms with Gasteiger partial charge in [-0.05, 0) is 36.8 Å². The van der Waals surface area contributed by atoms with Gasteiger partial charge in [0.15, 0.2) is 5.82 Å². The van der Waals surface area contributed by atoms with Gasteiger partial charge in [0.2, 0.25) is 11.1 Å². The van der Waals surface area contributed by atoms with Crippen LogP contribution in [0.5, 0.6) is 0 Å². The number of rotatable bonds is 6. The largest absolute Gasteiger partial charge is 0.341 e.